The van der Waals surface area contributed by atoms with Crippen molar-refractivity contribution in [3.05, 3.63) is 29.0 Å². The predicted octanol–water partition coefficient (Wildman–Crippen LogP) is 2.19. The van der Waals surface area contributed by atoms with E-state index in [1.807, 2.05) is 0 Å². The molecule has 0 aliphatic heterocycles. The molecule has 1 aliphatic rings. The highest BCUT2D eigenvalue weighted by Gasteiger charge is 2.32. The fourth-order valence-electron chi connectivity index (χ4n) is 1.66. The third-order valence-corrected chi connectivity index (χ3v) is 3.13. The van der Waals surface area contributed by atoms with Crippen molar-refractivity contribution < 1.29 is 4.79 Å². The van der Waals surface area contributed by atoms with Crippen LogP contribution in [0.5, 0.6) is 0 Å². The fraction of sp³-hybridized carbons (Fsp3) is 0.455. The number of carbonyl (C=O) groups excluding carboxylic acids is 1. The van der Waals surface area contributed by atoms with Gasteiger partial charge in [0.2, 0.25) is 0 Å². The number of carbonyl (C=O) groups is 1. The number of amides is 1. The molecule has 2 rings (SSSR count). The predicted molar refractivity (Wildman–Crippen MR) is 76.8 cm³/mol. The van der Waals surface area contributed by atoms with Gasteiger partial charge in [-0.15, -0.1) is 24.8 Å². The second-order valence-corrected chi connectivity index (χ2v) is 4.70. The average molecular weight is 313 g/mol. The number of pyridine rings is 1. The Balaban J connectivity index is 0.00000144. The zero-order valence-electron chi connectivity index (χ0n) is 9.69. The van der Waals surface area contributed by atoms with Crippen molar-refractivity contribution >= 4 is 42.3 Å². The smallest absolute Gasteiger partial charge is 0.269 e. The van der Waals surface area contributed by atoms with Crippen LogP contribution in [-0.2, 0) is 0 Å². The highest BCUT2D eigenvalue weighted by molar-refractivity contribution is 6.30. The molecule has 18 heavy (non-hydrogen) atoms. The Hall–Kier alpha value is -0.550. The van der Waals surface area contributed by atoms with E-state index in [2.05, 4.69) is 10.3 Å². The molecule has 1 saturated carbocycles. The van der Waals surface area contributed by atoms with Crippen molar-refractivity contribution in [3.8, 4) is 0 Å². The van der Waals surface area contributed by atoms with E-state index in [9.17, 15) is 4.79 Å². The minimum Gasteiger partial charge on any atom is -0.349 e. The minimum absolute atomic E-state index is 0. The Morgan fingerprint density at radius 2 is 2.11 bits per heavy atom. The van der Waals surface area contributed by atoms with E-state index in [4.69, 9.17) is 17.3 Å². The van der Waals surface area contributed by atoms with Crippen molar-refractivity contribution in [2.45, 2.75) is 24.8 Å². The van der Waals surface area contributed by atoms with Crippen molar-refractivity contribution in [2.24, 2.45) is 5.73 Å². The number of hydrogen-bond donors (Lipinski definition) is 2. The molecule has 0 bridgehead atoms. The molecule has 1 aliphatic carbocycles. The second-order valence-electron chi connectivity index (χ2n) is 4.26. The number of nitrogens with zero attached hydrogens (tertiary/aromatic N) is 1. The van der Waals surface area contributed by atoms with Crippen LogP contribution in [0.2, 0.25) is 5.02 Å². The van der Waals surface area contributed by atoms with Gasteiger partial charge in [0.25, 0.3) is 5.91 Å². The summed E-state index contributed by atoms with van der Waals surface area (Å²) in [4.78, 5) is 15.6. The van der Waals surface area contributed by atoms with Gasteiger partial charge in [0.05, 0.1) is 5.02 Å². The first kappa shape index (κ1) is 17.4. The lowest BCUT2D eigenvalue weighted by atomic mass is 9.78. The molecule has 7 heteroatoms. The number of aromatic nitrogens is 1. The topological polar surface area (TPSA) is 68.0 Å². The summed E-state index contributed by atoms with van der Waals surface area (Å²) in [6.07, 6.45) is 4.55. The first-order valence-corrected chi connectivity index (χ1v) is 5.66. The minimum atomic E-state index is -0.206. The number of nitrogens with one attached hydrogen (secondary N) is 1. The number of hydrogen-bond acceptors (Lipinski definition) is 3. The monoisotopic (exact) mass is 311 g/mol. The van der Waals surface area contributed by atoms with E-state index in [0.29, 0.717) is 17.3 Å². The van der Waals surface area contributed by atoms with Crippen molar-refractivity contribution in [2.75, 3.05) is 6.54 Å². The van der Waals surface area contributed by atoms with Gasteiger partial charge in [0.1, 0.15) is 5.69 Å². The lowest BCUT2D eigenvalue weighted by Crippen LogP contribution is -2.55. The third kappa shape index (κ3) is 4.28. The zero-order chi connectivity index (χ0) is 11.6. The quantitative estimate of drug-likeness (QED) is 0.899. The second kappa shape index (κ2) is 7.14. The van der Waals surface area contributed by atoms with Gasteiger partial charge in [0, 0.05) is 18.3 Å². The van der Waals surface area contributed by atoms with Crippen molar-refractivity contribution in [3.63, 3.8) is 0 Å². The molecule has 1 aromatic rings. The Morgan fingerprint density at radius 1 is 1.44 bits per heavy atom. The molecule has 0 aromatic carbocycles. The average Bonchev–Trinajstić information content (AvgIpc) is 2.24. The van der Waals surface area contributed by atoms with Crippen LogP contribution < -0.4 is 11.1 Å². The largest absolute Gasteiger partial charge is 0.349 e. The van der Waals surface area contributed by atoms with E-state index in [0.717, 1.165) is 19.3 Å². The van der Waals surface area contributed by atoms with Gasteiger partial charge in [-0.2, -0.15) is 0 Å². The van der Waals surface area contributed by atoms with Crippen LogP contribution in [0.15, 0.2) is 18.3 Å². The third-order valence-electron chi connectivity index (χ3n) is 2.91. The summed E-state index contributed by atoms with van der Waals surface area (Å²) in [5.74, 6) is -0.201. The Bertz CT molecular complexity index is 393. The van der Waals surface area contributed by atoms with Crippen molar-refractivity contribution in [1.82, 2.24) is 10.3 Å². The summed E-state index contributed by atoms with van der Waals surface area (Å²) in [5, 5.41) is 3.31. The molecule has 0 unspecified atom stereocenters. The van der Waals surface area contributed by atoms with Gasteiger partial charge in [-0.25, -0.2) is 4.98 Å². The van der Waals surface area contributed by atoms with Crippen LogP contribution in [0.1, 0.15) is 29.8 Å². The molecule has 0 atom stereocenters. The van der Waals surface area contributed by atoms with E-state index in [-0.39, 0.29) is 36.3 Å². The summed E-state index contributed by atoms with van der Waals surface area (Å²) in [6, 6.07) is 3.24. The molecule has 0 saturated heterocycles. The molecule has 1 fully saturated rings. The number of rotatable bonds is 3. The summed E-state index contributed by atoms with van der Waals surface area (Å²) in [5.41, 5.74) is 6.16. The molecule has 3 N–H and O–H groups in total. The first-order chi connectivity index (χ1) is 7.59. The lowest BCUT2D eigenvalue weighted by Gasteiger charge is -2.38. The summed E-state index contributed by atoms with van der Waals surface area (Å²) in [7, 11) is 0. The van der Waals surface area contributed by atoms with E-state index in [1.54, 1.807) is 12.1 Å². The standard InChI is InChI=1S/C11H14ClN3O.2ClH/c12-8-2-3-9(14-6-8)10(16)15-7-11(13)4-1-5-11;;/h2-3,6H,1,4-5,7,13H2,(H,15,16);2*1H. The van der Waals surface area contributed by atoms with Crippen LogP contribution in [-0.4, -0.2) is 23.0 Å². The normalized spacial score (nSPS) is 15.7. The molecule has 0 radical (unpaired) electrons. The molecular weight excluding hydrogens is 297 g/mol. The Kier molecular flexibility index (Phi) is 6.92. The molecule has 1 heterocycles. The van der Waals surface area contributed by atoms with E-state index >= 15 is 0 Å². The summed E-state index contributed by atoms with van der Waals surface area (Å²) in [6.45, 7) is 0.510. The number of nitrogens with two attached hydrogens (primary N) is 1. The van der Waals surface area contributed by atoms with Gasteiger partial charge in [-0.1, -0.05) is 11.6 Å². The zero-order valence-corrected chi connectivity index (χ0v) is 12.1. The summed E-state index contributed by atoms with van der Waals surface area (Å²) < 4.78 is 0. The van der Waals surface area contributed by atoms with Crippen LogP contribution in [0.4, 0.5) is 0 Å². The van der Waals surface area contributed by atoms with Crippen molar-refractivity contribution in [1.29, 1.82) is 0 Å². The molecule has 1 amide bonds. The molecule has 0 spiro atoms. The van der Waals surface area contributed by atoms with Crippen LogP contribution in [0.3, 0.4) is 0 Å². The van der Waals surface area contributed by atoms with Gasteiger partial charge in [-0.3, -0.25) is 4.79 Å². The van der Waals surface area contributed by atoms with Gasteiger partial charge >= 0.3 is 0 Å². The fourth-order valence-corrected chi connectivity index (χ4v) is 1.78. The number of halogens is 3. The van der Waals surface area contributed by atoms with Gasteiger partial charge in [0.15, 0.2) is 0 Å². The van der Waals surface area contributed by atoms with Gasteiger partial charge in [-0.05, 0) is 31.4 Å². The van der Waals surface area contributed by atoms with Crippen LogP contribution in [0, 0.1) is 0 Å². The lowest BCUT2D eigenvalue weighted by molar-refractivity contribution is 0.0925. The van der Waals surface area contributed by atoms with Crippen LogP contribution >= 0.6 is 36.4 Å². The van der Waals surface area contributed by atoms with Gasteiger partial charge < -0.3 is 11.1 Å². The Labute approximate surface area is 123 Å². The first-order valence-electron chi connectivity index (χ1n) is 5.28. The van der Waals surface area contributed by atoms with Crippen LogP contribution in [0.25, 0.3) is 0 Å². The van der Waals surface area contributed by atoms with E-state index < -0.39 is 0 Å². The maximum Gasteiger partial charge on any atom is 0.269 e. The summed E-state index contributed by atoms with van der Waals surface area (Å²) >= 11 is 5.68. The highest BCUT2D eigenvalue weighted by atomic mass is 35.5. The molecule has 1 aromatic heterocycles. The Morgan fingerprint density at radius 3 is 2.56 bits per heavy atom. The highest BCUT2D eigenvalue weighted by Crippen LogP contribution is 2.28. The maximum atomic E-state index is 11.7. The SMILES string of the molecule is Cl.Cl.NC1(CNC(=O)c2ccc(Cl)cn2)CCC1. The molecule has 102 valence electrons. The maximum absolute atomic E-state index is 11.7. The molecular formula is C11H16Cl3N3O. The molecule has 4 nitrogen and oxygen atoms in total. The van der Waals surface area contributed by atoms with E-state index in [1.165, 1.54) is 6.20 Å².